The van der Waals surface area contributed by atoms with E-state index in [-0.39, 0.29) is 5.92 Å². The summed E-state index contributed by atoms with van der Waals surface area (Å²) in [5.41, 5.74) is -1.54. The van der Waals surface area contributed by atoms with Crippen LogP contribution in [0.1, 0.15) is 46.1 Å². The van der Waals surface area contributed by atoms with Gasteiger partial charge >= 0.3 is 6.03 Å². The number of nitriles is 1. The smallest absolute Gasteiger partial charge is 0.325 e. The molecule has 2 atom stereocenters. The molecular weight excluding hydrogens is 344 g/mol. The van der Waals surface area contributed by atoms with Gasteiger partial charge in [-0.2, -0.15) is 5.26 Å². The SMILES string of the molecule is CCCC1(c2ccccc2)NC(=O)N(CC(=O)NC(C)(C#N)C(C)C)C1=O. The van der Waals surface area contributed by atoms with Crippen molar-refractivity contribution in [3.63, 3.8) is 0 Å². The van der Waals surface area contributed by atoms with Gasteiger partial charge in [-0.25, -0.2) is 4.79 Å². The van der Waals surface area contributed by atoms with Gasteiger partial charge < -0.3 is 10.6 Å². The molecule has 1 aromatic rings. The van der Waals surface area contributed by atoms with E-state index >= 15 is 0 Å². The van der Waals surface area contributed by atoms with Crippen molar-refractivity contribution in [2.24, 2.45) is 5.92 Å². The second-order valence-electron chi connectivity index (χ2n) is 7.36. The van der Waals surface area contributed by atoms with E-state index in [1.165, 1.54) is 0 Å². The number of nitrogens with zero attached hydrogens (tertiary/aromatic N) is 2. The summed E-state index contributed by atoms with van der Waals surface area (Å²) in [4.78, 5) is 39.0. The van der Waals surface area contributed by atoms with E-state index in [2.05, 4.69) is 16.7 Å². The summed E-state index contributed by atoms with van der Waals surface area (Å²) in [6.45, 7) is 6.76. The van der Waals surface area contributed by atoms with E-state index in [4.69, 9.17) is 0 Å². The maximum Gasteiger partial charge on any atom is 0.325 e. The zero-order chi connectivity index (χ0) is 20.2. The molecule has 0 bridgehead atoms. The minimum atomic E-state index is -1.16. The lowest BCUT2D eigenvalue weighted by Gasteiger charge is -2.29. The summed E-state index contributed by atoms with van der Waals surface area (Å²) in [6, 6.07) is 10.5. The molecule has 0 aromatic heterocycles. The average Bonchev–Trinajstić information content (AvgIpc) is 2.87. The van der Waals surface area contributed by atoms with Crippen LogP contribution in [0.3, 0.4) is 0 Å². The largest absolute Gasteiger partial charge is 0.336 e. The van der Waals surface area contributed by atoms with Gasteiger partial charge in [0.1, 0.15) is 17.6 Å². The molecule has 1 aromatic carbocycles. The molecule has 2 unspecified atom stereocenters. The van der Waals surface area contributed by atoms with Gasteiger partial charge in [0.2, 0.25) is 5.91 Å². The summed E-state index contributed by atoms with van der Waals surface area (Å²) in [6.07, 6.45) is 1.11. The van der Waals surface area contributed by atoms with Gasteiger partial charge in [0.05, 0.1) is 6.07 Å². The van der Waals surface area contributed by atoms with E-state index in [0.29, 0.717) is 18.4 Å². The molecule has 7 heteroatoms. The Morgan fingerprint density at radius 3 is 2.48 bits per heavy atom. The zero-order valence-corrected chi connectivity index (χ0v) is 16.2. The van der Waals surface area contributed by atoms with Gasteiger partial charge in [-0.05, 0) is 24.8 Å². The minimum absolute atomic E-state index is 0.127. The normalized spacial score (nSPS) is 21.6. The van der Waals surface area contributed by atoms with Crippen molar-refractivity contribution in [1.82, 2.24) is 15.5 Å². The minimum Gasteiger partial charge on any atom is -0.336 e. The highest BCUT2D eigenvalue weighted by molar-refractivity contribution is 6.09. The number of rotatable bonds is 7. The highest BCUT2D eigenvalue weighted by Crippen LogP contribution is 2.33. The number of urea groups is 1. The third-order valence-electron chi connectivity index (χ3n) is 5.16. The van der Waals surface area contributed by atoms with Gasteiger partial charge in [-0.1, -0.05) is 57.5 Å². The fourth-order valence-corrected chi connectivity index (χ4v) is 3.15. The molecule has 144 valence electrons. The van der Waals surface area contributed by atoms with Crippen molar-refractivity contribution in [2.75, 3.05) is 6.54 Å². The van der Waals surface area contributed by atoms with Crippen LogP contribution in [0.4, 0.5) is 4.79 Å². The van der Waals surface area contributed by atoms with Crippen LogP contribution < -0.4 is 10.6 Å². The number of nitrogens with one attached hydrogen (secondary N) is 2. The Labute approximate surface area is 159 Å². The van der Waals surface area contributed by atoms with Crippen LogP contribution in [0.15, 0.2) is 30.3 Å². The van der Waals surface area contributed by atoms with Crippen molar-refractivity contribution in [1.29, 1.82) is 5.26 Å². The highest BCUT2D eigenvalue weighted by atomic mass is 16.2. The molecule has 0 radical (unpaired) electrons. The highest BCUT2D eigenvalue weighted by Gasteiger charge is 2.52. The fraction of sp³-hybridized carbons (Fsp3) is 0.500. The summed E-state index contributed by atoms with van der Waals surface area (Å²) in [5, 5.41) is 14.8. The van der Waals surface area contributed by atoms with Gasteiger partial charge in [0.15, 0.2) is 0 Å². The van der Waals surface area contributed by atoms with E-state index in [0.717, 1.165) is 4.90 Å². The number of imide groups is 1. The molecule has 1 heterocycles. The molecule has 1 fully saturated rings. The molecular formula is C20H26N4O3. The predicted molar refractivity (Wildman–Crippen MR) is 100 cm³/mol. The van der Waals surface area contributed by atoms with Crippen LogP contribution in [0.2, 0.25) is 0 Å². The van der Waals surface area contributed by atoms with Crippen molar-refractivity contribution in [2.45, 2.75) is 51.6 Å². The van der Waals surface area contributed by atoms with E-state index in [9.17, 15) is 19.6 Å². The molecule has 2 N–H and O–H groups in total. The molecule has 1 aliphatic heterocycles. The lowest BCUT2D eigenvalue weighted by molar-refractivity contribution is -0.136. The van der Waals surface area contributed by atoms with Crippen LogP contribution in [-0.2, 0) is 15.1 Å². The molecule has 0 spiro atoms. The molecule has 0 saturated carbocycles. The van der Waals surface area contributed by atoms with Gasteiger partial charge in [-0.15, -0.1) is 0 Å². The lowest BCUT2D eigenvalue weighted by atomic mass is 9.85. The van der Waals surface area contributed by atoms with Crippen LogP contribution in [0.25, 0.3) is 0 Å². The van der Waals surface area contributed by atoms with Gasteiger partial charge in [0, 0.05) is 0 Å². The molecule has 0 aliphatic carbocycles. The second-order valence-corrected chi connectivity index (χ2v) is 7.36. The van der Waals surface area contributed by atoms with Crippen molar-refractivity contribution in [3.05, 3.63) is 35.9 Å². The van der Waals surface area contributed by atoms with Gasteiger partial charge in [-0.3, -0.25) is 14.5 Å². The molecule has 7 nitrogen and oxygen atoms in total. The maximum absolute atomic E-state index is 13.1. The predicted octanol–water partition coefficient (Wildman–Crippen LogP) is 2.29. The Morgan fingerprint density at radius 2 is 1.96 bits per heavy atom. The van der Waals surface area contributed by atoms with Crippen LogP contribution in [0.5, 0.6) is 0 Å². The molecule has 1 aliphatic rings. The Morgan fingerprint density at radius 1 is 1.33 bits per heavy atom. The first-order chi connectivity index (χ1) is 12.7. The first-order valence-corrected chi connectivity index (χ1v) is 9.12. The van der Waals surface area contributed by atoms with Crippen molar-refractivity contribution >= 4 is 17.8 Å². The lowest BCUT2D eigenvalue weighted by Crippen LogP contribution is -2.52. The number of hydrogen-bond donors (Lipinski definition) is 2. The topological polar surface area (TPSA) is 102 Å². The Bertz CT molecular complexity index is 771. The standard InChI is InChI=1S/C20H26N4O3/c1-5-11-20(15-9-7-6-8-10-15)17(26)24(18(27)23-20)12-16(25)22-19(4,13-21)14(2)3/h6-10,14H,5,11-12H2,1-4H3,(H,22,25)(H,23,27). The number of hydrogen-bond acceptors (Lipinski definition) is 4. The fourth-order valence-electron chi connectivity index (χ4n) is 3.15. The average molecular weight is 370 g/mol. The van der Waals surface area contributed by atoms with E-state index in [1.807, 2.05) is 39.0 Å². The number of benzene rings is 1. The summed E-state index contributed by atoms with van der Waals surface area (Å²) in [7, 11) is 0. The third kappa shape index (κ3) is 3.80. The number of carbonyl (C=O) groups is 3. The first-order valence-electron chi connectivity index (χ1n) is 9.12. The third-order valence-corrected chi connectivity index (χ3v) is 5.16. The summed E-state index contributed by atoms with van der Waals surface area (Å²) >= 11 is 0. The summed E-state index contributed by atoms with van der Waals surface area (Å²) in [5.74, 6) is -1.12. The molecule has 27 heavy (non-hydrogen) atoms. The Hall–Kier alpha value is -2.88. The monoisotopic (exact) mass is 370 g/mol. The molecule has 2 rings (SSSR count). The van der Waals surface area contributed by atoms with E-state index in [1.54, 1.807) is 19.1 Å². The number of carbonyl (C=O) groups excluding carboxylic acids is 3. The molecule has 4 amide bonds. The van der Waals surface area contributed by atoms with Crippen molar-refractivity contribution < 1.29 is 14.4 Å². The second kappa shape index (κ2) is 7.78. The zero-order valence-electron chi connectivity index (χ0n) is 16.2. The van der Waals surface area contributed by atoms with Gasteiger partial charge in [0.25, 0.3) is 5.91 Å². The quantitative estimate of drug-likeness (QED) is 0.719. The van der Waals surface area contributed by atoms with Crippen LogP contribution in [0, 0.1) is 17.2 Å². The first kappa shape index (κ1) is 20.4. The van der Waals surface area contributed by atoms with Crippen LogP contribution >= 0.6 is 0 Å². The Kier molecular flexibility index (Phi) is 5.89. The summed E-state index contributed by atoms with van der Waals surface area (Å²) < 4.78 is 0. The maximum atomic E-state index is 13.1. The van der Waals surface area contributed by atoms with Crippen LogP contribution in [-0.4, -0.2) is 34.8 Å². The Balaban J connectivity index is 2.25. The van der Waals surface area contributed by atoms with Crippen molar-refractivity contribution in [3.8, 4) is 6.07 Å². The molecule has 1 saturated heterocycles. The van der Waals surface area contributed by atoms with E-state index < -0.39 is 35.5 Å². The number of amides is 4.